The SMILES string of the molecule is Cc1ccc(NC(=O)c2cccc(S(=O)(=O)N3CCN(C)CC3)c2)nc1. The summed E-state index contributed by atoms with van der Waals surface area (Å²) in [5.74, 6) is 0.0321. The molecule has 0 saturated carbocycles. The Morgan fingerprint density at radius 3 is 2.50 bits per heavy atom. The van der Waals surface area contributed by atoms with Crippen LogP contribution in [0.3, 0.4) is 0 Å². The van der Waals surface area contributed by atoms with Gasteiger partial charge in [-0.25, -0.2) is 13.4 Å². The van der Waals surface area contributed by atoms with Crippen molar-refractivity contribution < 1.29 is 13.2 Å². The van der Waals surface area contributed by atoms with Gasteiger partial charge in [-0.1, -0.05) is 12.1 Å². The molecule has 2 heterocycles. The van der Waals surface area contributed by atoms with E-state index in [1.54, 1.807) is 24.4 Å². The number of aryl methyl sites for hydroxylation is 1. The van der Waals surface area contributed by atoms with E-state index >= 15 is 0 Å². The normalized spacial score (nSPS) is 16.4. The van der Waals surface area contributed by atoms with Crippen molar-refractivity contribution in [2.45, 2.75) is 11.8 Å². The summed E-state index contributed by atoms with van der Waals surface area (Å²) >= 11 is 0. The van der Waals surface area contributed by atoms with Crippen LogP contribution in [-0.2, 0) is 10.0 Å². The maximum Gasteiger partial charge on any atom is 0.256 e. The zero-order valence-electron chi connectivity index (χ0n) is 14.8. The summed E-state index contributed by atoms with van der Waals surface area (Å²) in [4.78, 5) is 18.8. The van der Waals surface area contributed by atoms with Crippen molar-refractivity contribution in [2.24, 2.45) is 0 Å². The number of pyridine rings is 1. The molecular weight excluding hydrogens is 352 g/mol. The number of rotatable bonds is 4. The van der Waals surface area contributed by atoms with Gasteiger partial charge >= 0.3 is 0 Å². The van der Waals surface area contributed by atoms with Crippen molar-refractivity contribution in [1.82, 2.24) is 14.2 Å². The summed E-state index contributed by atoms with van der Waals surface area (Å²) in [6.45, 7) is 4.19. The predicted molar refractivity (Wildman–Crippen MR) is 99.6 cm³/mol. The molecule has 1 amide bonds. The van der Waals surface area contributed by atoms with Gasteiger partial charge in [0.2, 0.25) is 10.0 Å². The summed E-state index contributed by atoms with van der Waals surface area (Å²) in [6.07, 6.45) is 1.66. The average molecular weight is 374 g/mol. The lowest BCUT2D eigenvalue weighted by Gasteiger charge is -2.31. The van der Waals surface area contributed by atoms with E-state index < -0.39 is 15.9 Å². The van der Waals surface area contributed by atoms with Crippen LogP contribution >= 0.6 is 0 Å². The molecule has 1 saturated heterocycles. The van der Waals surface area contributed by atoms with Crippen LogP contribution in [0.5, 0.6) is 0 Å². The molecule has 1 N–H and O–H groups in total. The van der Waals surface area contributed by atoms with E-state index in [1.807, 2.05) is 20.0 Å². The van der Waals surface area contributed by atoms with Crippen molar-refractivity contribution in [1.29, 1.82) is 0 Å². The number of carbonyl (C=O) groups is 1. The lowest BCUT2D eigenvalue weighted by atomic mass is 10.2. The standard InChI is InChI=1S/C18H22N4O3S/c1-14-6-7-17(19-13-14)20-18(23)15-4-3-5-16(12-15)26(24,25)22-10-8-21(2)9-11-22/h3-7,12-13H,8-11H2,1-2H3,(H,19,20,23). The Balaban J connectivity index is 1.79. The molecule has 1 aromatic heterocycles. The second-order valence-corrected chi connectivity index (χ2v) is 8.35. The van der Waals surface area contributed by atoms with Crippen molar-refractivity contribution >= 4 is 21.7 Å². The highest BCUT2D eigenvalue weighted by atomic mass is 32.2. The second-order valence-electron chi connectivity index (χ2n) is 6.41. The van der Waals surface area contributed by atoms with Crippen LogP contribution in [0.1, 0.15) is 15.9 Å². The molecule has 0 radical (unpaired) electrons. The zero-order valence-corrected chi connectivity index (χ0v) is 15.7. The molecule has 1 aliphatic heterocycles. The van der Waals surface area contributed by atoms with Crippen LogP contribution in [0.25, 0.3) is 0 Å². The molecule has 1 aromatic carbocycles. The van der Waals surface area contributed by atoms with Gasteiger partial charge in [0.15, 0.2) is 0 Å². The number of piperazine rings is 1. The molecule has 0 aliphatic carbocycles. The van der Waals surface area contributed by atoms with Crippen LogP contribution in [-0.4, -0.2) is 61.7 Å². The van der Waals surface area contributed by atoms with E-state index in [0.29, 0.717) is 32.0 Å². The minimum absolute atomic E-state index is 0.131. The Bertz CT molecular complexity index is 889. The van der Waals surface area contributed by atoms with Gasteiger partial charge in [-0.2, -0.15) is 4.31 Å². The number of nitrogens with one attached hydrogen (secondary N) is 1. The van der Waals surface area contributed by atoms with E-state index in [2.05, 4.69) is 15.2 Å². The number of hydrogen-bond donors (Lipinski definition) is 1. The van der Waals surface area contributed by atoms with Crippen LogP contribution in [0.15, 0.2) is 47.5 Å². The lowest BCUT2D eigenvalue weighted by molar-refractivity contribution is 0.102. The summed E-state index contributed by atoms with van der Waals surface area (Å²) in [5, 5.41) is 2.68. The van der Waals surface area contributed by atoms with Crippen LogP contribution in [0, 0.1) is 6.92 Å². The summed E-state index contributed by atoms with van der Waals surface area (Å²) in [5.41, 5.74) is 1.27. The number of carbonyl (C=O) groups excluding carboxylic acids is 1. The van der Waals surface area contributed by atoms with Crippen molar-refractivity contribution in [3.05, 3.63) is 53.7 Å². The molecule has 138 valence electrons. The van der Waals surface area contributed by atoms with Gasteiger partial charge in [0.05, 0.1) is 4.90 Å². The van der Waals surface area contributed by atoms with E-state index in [0.717, 1.165) is 5.56 Å². The third kappa shape index (κ3) is 4.09. The van der Waals surface area contributed by atoms with Gasteiger partial charge in [0.25, 0.3) is 5.91 Å². The van der Waals surface area contributed by atoms with Crippen molar-refractivity contribution in [2.75, 3.05) is 38.5 Å². The molecule has 0 atom stereocenters. The molecule has 0 bridgehead atoms. The van der Waals surface area contributed by atoms with Crippen LogP contribution in [0.2, 0.25) is 0 Å². The fourth-order valence-corrected chi connectivity index (χ4v) is 4.17. The first-order valence-corrected chi connectivity index (χ1v) is 9.83. The van der Waals surface area contributed by atoms with Gasteiger partial charge in [0, 0.05) is 37.9 Å². The highest BCUT2D eigenvalue weighted by Crippen LogP contribution is 2.19. The summed E-state index contributed by atoms with van der Waals surface area (Å²) < 4.78 is 27.1. The molecular formula is C18H22N4O3S. The van der Waals surface area contributed by atoms with E-state index in [1.165, 1.54) is 16.4 Å². The van der Waals surface area contributed by atoms with Crippen LogP contribution in [0.4, 0.5) is 5.82 Å². The maximum absolute atomic E-state index is 12.8. The zero-order chi connectivity index (χ0) is 18.7. The van der Waals surface area contributed by atoms with Crippen molar-refractivity contribution in [3.8, 4) is 0 Å². The molecule has 1 aliphatic rings. The number of likely N-dealkylation sites (N-methyl/N-ethyl adjacent to an activating group) is 1. The highest BCUT2D eigenvalue weighted by Gasteiger charge is 2.27. The van der Waals surface area contributed by atoms with Gasteiger partial charge in [-0.3, -0.25) is 4.79 Å². The third-order valence-electron chi connectivity index (χ3n) is 4.35. The molecule has 8 heteroatoms. The lowest BCUT2D eigenvalue weighted by Crippen LogP contribution is -2.47. The Hall–Kier alpha value is -2.29. The first kappa shape index (κ1) is 18.5. The van der Waals surface area contributed by atoms with Gasteiger partial charge in [-0.05, 0) is 43.8 Å². The Morgan fingerprint density at radius 2 is 1.85 bits per heavy atom. The first-order chi connectivity index (χ1) is 12.4. The molecule has 1 fully saturated rings. The number of hydrogen-bond acceptors (Lipinski definition) is 5. The Morgan fingerprint density at radius 1 is 1.12 bits per heavy atom. The minimum Gasteiger partial charge on any atom is -0.307 e. The fourth-order valence-electron chi connectivity index (χ4n) is 2.71. The number of amides is 1. The fraction of sp³-hybridized carbons (Fsp3) is 0.333. The monoisotopic (exact) mass is 374 g/mol. The number of benzene rings is 1. The Kier molecular flexibility index (Phi) is 5.36. The molecule has 7 nitrogen and oxygen atoms in total. The van der Waals surface area contributed by atoms with Crippen LogP contribution < -0.4 is 5.32 Å². The number of anilines is 1. The van der Waals surface area contributed by atoms with Gasteiger partial charge < -0.3 is 10.2 Å². The maximum atomic E-state index is 12.8. The van der Waals surface area contributed by atoms with E-state index in [4.69, 9.17) is 0 Å². The third-order valence-corrected chi connectivity index (χ3v) is 6.24. The number of sulfonamides is 1. The molecule has 0 spiro atoms. The second kappa shape index (κ2) is 7.53. The quantitative estimate of drug-likeness (QED) is 0.879. The Labute approximate surface area is 153 Å². The summed E-state index contributed by atoms with van der Waals surface area (Å²) in [7, 11) is -1.64. The highest BCUT2D eigenvalue weighted by molar-refractivity contribution is 7.89. The molecule has 2 aromatic rings. The van der Waals surface area contributed by atoms with E-state index in [-0.39, 0.29) is 10.5 Å². The van der Waals surface area contributed by atoms with Gasteiger partial charge in [-0.15, -0.1) is 0 Å². The molecule has 0 unspecified atom stereocenters. The molecule has 3 rings (SSSR count). The summed E-state index contributed by atoms with van der Waals surface area (Å²) in [6, 6.07) is 9.66. The van der Waals surface area contributed by atoms with Gasteiger partial charge in [0.1, 0.15) is 5.82 Å². The smallest absolute Gasteiger partial charge is 0.256 e. The topological polar surface area (TPSA) is 82.6 Å². The minimum atomic E-state index is -3.61. The number of nitrogens with zero attached hydrogens (tertiary/aromatic N) is 3. The predicted octanol–water partition coefficient (Wildman–Crippen LogP) is 1.58. The molecule has 26 heavy (non-hydrogen) atoms. The first-order valence-electron chi connectivity index (χ1n) is 8.39. The largest absolute Gasteiger partial charge is 0.307 e. The van der Waals surface area contributed by atoms with E-state index in [9.17, 15) is 13.2 Å². The number of aromatic nitrogens is 1. The average Bonchev–Trinajstić information content (AvgIpc) is 2.64. The van der Waals surface area contributed by atoms with Crippen molar-refractivity contribution in [3.63, 3.8) is 0 Å².